The Morgan fingerprint density at radius 3 is 2.55 bits per heavy atom. The fraction of sp³-hybridized carbons (Fsp3) is 1.00. The van der Waals surface area contributed by atoms with E-state index in [0.29, 0.717) is 11.5 Å². The van der Waals surface area contributed by atoms with E-state index in [1.807, 2.05) is 0 Å². The van der Waals surface area contributed by atoms with E-state index in [1.165, 1.54) is 37.4 Å². The van der Waals surface area contributed by atoms with E-state index in [4.69, 9.17) is 4.74 Å². The van der Waals surface area contributed by atoms with Gasteiger partial charge in [-0.1, -0.05) is 22.4 Å². The van der Waals surface area contributed by atoms with Crippen molar-refractivity contribution < 1.29 is 4.74 Å². The third-order valence-corrected chi connectivity index (χ3v) is 4.29. The molecular formula is C9H15BrO. The maximum atomic E-state index is 5.20. The van der Waals surface area contributed by atoms with Crippen molar-refractivity contribution in [3.05, 3.63) is 0 Å². The predicted molar refractivity (Wildman–Crippen MR) is 49.1 cm³/mol. The molecular weight excluding hydrogens is 204 g/mol. The number of halogens is 1. The van der Waals surface area contributed by atoms with Crippen molar-refractivity contribution in [1.82, 2.24) is 0 Å². The van der Waals surface area contributed by atoms with Crippen LogP contribution in [0.25, 0.3) is 0 Å². The van der Waals surface area contributed by atoms with Crippen LogP contribution in [0.1, 0.15) is 32.1 Å². The molecule has 0 aromatic carbocycles. The average molecular weight is 219 g/mol. The molecule has 1 nitrogen and oxygen atoms in total. The van der Waals surface area contributed by atoms with Crippen LogP contribution in [-0.4, -0.2) is 18.0 Å². The summed E-state index contributed by atoms with van der Waals surface area (Å²) in [5.74, 6) is 0. The maximum absolute atomic E-state index is 5.20. The van der Waals surface area contributed by atoms with Crippen LogP contribution >= 0.6 is 15.9 Å². The minimum atomic E-state index is 0.631. The molecule has 2 fully saturated rings. The maximum Gasteiger partial charge on any atom is 0.0810 e. The number of hydrogen-bond donors (Lipinski definition) is 0. The number of epoxide rings is 1. The summed E-state index contributed by atoms with van der Waals surface area (Å²) in [4.78, 5) is 0. The van der Waals surface area contributed by atoms with Crippen molar-refractivity contribution in [3.8, 4) is 0 Å². The third-order valence-electron chi connectivity index (χ3n) is 3.10. The monoisotopic (exact) mass is 218 g/mol. The van der Waals surface area contributed by atoms with Gasteiger partial charge in [-0.15, -0.1) is 0 Å². The van der Waals surface area contributed by atoms with Crippen LogP contribution in [0.2, 0.25) is 0 Å². The summed E-state index contributed by atoms with van der Waals surface area (Å²) >= 11 is 3.61. The summed E-state index contributed by atoms with van der Waals surface area (Å²) in [6.45, 7) is 1.03. The van der Waals surface area contributed by atoms with Gasteiger partial charge >= 0.3 is 0 Å². The van der Waals surface area contributed by atoms with Crippen molar-refractivity contribution in [2.45, 2.75) is 38.2 Å². The molecule has 1 unspecified atom stereocenters. The molecule has 2 aliphatic rings. The smallest absolute Gasteiger partial charge is 0.0810 e. The van der Waals surface area contributed by atoms with Crippen LogP contribution in [-0.2, 0) is 4.74 Å². The zero-order valence-corrected chi connectivity index (χ0v) is 8.40. The molecule has 0 aromatic rings. The van der Waals surface area contributed by atoms with Crippen LogP contribution in [0.4, 0.5) is 0 Å². The van der Waals surface area contributed by atoms with E-state index in [2.05, 4.69) is 15.9 Å². The van der Waals surface area contributed by atoms with Gasteiger partial charge in [0.15, 0.2) is 0 Å². The van der Waals surface area contributed by atoms with Crippen LogP contribution in [0.15, 0.2) is 0 Å². The second kappa shape index (κ2) is 3.06. The van der Waals surface area contributed by atoms with E-state index < -0.39 is 0 Å². The van der Waals surface area contributed by atoms with Gasteiger partial charge in [-0.05, 0) is 31.1 Å². The molecule has 0 spiro atoms. The average Bonchev–Trinajstić information content (AvgIpc) is 2.70. The van der Waals surface area contributed by atoms with Crippen molar-refractivity contribution in [2.24, 2.45) is 5.41 Å². The van der Waals surface area contributed by atoms with Crippen LogP contribution in [0, 0.1) is 5.41 Å². The van der Waals surface area contributed by atoms with Gasteiger partial charge in [-0.3, -0.25) is 0 Å². The highest BCUT2D eigenvalue weighted by Gasteiger charge is 2.37. The highest BCUT2D eigenvalue weighted by molar-refractivity contribution is 9.09. The third kappa shape index (κ3) is 1.78. The molecule has 0 aromatic heterocycles. The normalized spacial score (nSPS) is 33.0. The first-order valence-corrected chi connectivity index (χ1v) is 5.64. The molecule has 2 rings (SSSR count). The molecule has 1 saturated heterocycles. The molecule has 64 valence electrons. The zero-order valence-electron chi connectivity index (χ0n) is 6.81. The van der Waals surface area contributed by atoms with E-state index >= 15 is 0 Å². The van der Waals surface area contributed by atoms with Gasteiger partial charge in [0.25, 0.3) is 0 Å². The van der Waals surface area contributed by atoms with Crippen molar-refractivity contribution in [1.29, 1.82) is 0 Å². The second-order valence-electron chi connectivity index (χ2n) is 3.98. The Labute approximate surface area is 76.6 Å². The Kier molecular flexibility index (Phi) is 2.24. The summed E-state index contributed by atoms with van der Waals surface area (Å²) in [7, 11) is 0. The standard InChI is InChI=1S/C9H15BrO/c10-7-9(3-1-4-9)5-2-8-6-11-8/h8H,1-7H2. The zero-order chi connectivity index (χ0) is 7.73. The molecule has 1 aliphatic heterocycles. The second-order valence-corrected chi connectivity index (χ2v) is 4.54. The van der Waals surface area contributed by atoms with Gasteiger partial charge in [0.1, 0.15) is 0 Å². The molecule has 1 heterocycles. The lowest BCUT2D eigenvalue weighted by molar-refractivity contribution is 0.145. The highest BCUT2D eigenvalue weighted by atomic mass is 79.9. The van der Waals surface area contributed by atoms with Gasteiger partial charge in [-0.2, -0.15) is 0 Å². The number of hydrogen-bond acceptors (Lipinski definition) is 1. The van der Waals surface area contributed by atoms with E-state index in [0.717, 1.165) is 6.61 Å². The Hall–Kier alpha value is 0.440. The number of alkyl halides is 1. The highest BCUT2D eigenvalue weighted by Crippen LogP contribution is 2.46. The van der Waals surface area contributed by atoms with E-state index in [-0.39, 0.29) is 0 Å². The molecule has 1 atom stereocenters. The lowest BCUT2D eigenvalue weighted by atomic mass is 9.67. The molecule has 2 heteroatoms. The minimum absolute atomic E-state index is 0.631. The van der Waals surface area contributed by atoms with Crippen molar-refractivity contribution in [2.75, 3.05) is 11.9 Å². The van der Waals surface area contributed by atoms with Gasteiger partial charge < -0.3 is 4.74 Å². The summed E-state index contributed by atoms with van der Waals surface area (Å²) in [5, 5.41) is 1.20. The fourth-order valence-corrected chi connectivity index (χ4v) is 2.67. The van der Waals surface area contributed by atoms with Crippen LogP contribution < -0.4 is 0 Å². The first kappa shape index (κ1) is 8.06. The van der Waals surface area contributed by atoms with Crippen LogP contribution in [0.5, 0.6) is 0 Å². The Morgan fingerprint density at radius 1 is 1.45 bits per heavy atom. The summed E-state index contributed by atoms with van der Waals surface area (Å²) in [6, 6.07) is 0. The predicted octanol–water partition coefficient (Wildman–Crippen LogP) is 2.73. The number of rotatable bonds is 4. The lowest BCUT2D eigenvalue weighted by Crippen LogP contribution is -2.31. The van der Waals surface area contributed by atoms with Gasteiger partial charge in [0.2, 0.25) is 0 Å². The minimum Gasteiger partial charge on any atom is -0.373 e. The molecule has 0 N–H and O–H groups in total. The summed E-state index contributed by atoms with van der Waals surface area (Å²) in [6.07, 6.45) is 7.62. The first-order valence-electron chi connectivity index (χ1n) is 4.52. The lowest BCUT2D eigenvalue weighted by Gasteiger charge is -2.40. The van der Waals surface area contributed by atoms with Gasteiger partial charge in [0, 0.05) is 5.33 Å². The van der Waals surface area contributed by atoms with Crippen LogP contribution in [0.3, 0.4) is 0 Å². The van der Waals surface area contributed by atoms with Crippen molar-refractivity contribution in [3.63, 3.8) is 0 Å². The molecule has 1 aliphatic carbocycles. The number of ether oxygens (including phenoxy) is 1. The van der Waals surface area contributed by atoms with E-state index in [9.17, 15) is 0 Å². The fourth-order valence-electron chi connectivity index (χ4n) is 1.83. The Bertz CT molecular complexity index is 133. The van der Waals surface area contributed by atoms with Gasteiger partial charge in [-0.25, -0.2) is 0 Å². The first-order chi connectivity index (χ1) is 5.35. The quantitative estimate of drug-likeness (QED) is 0.523. The van der Waals surface area contributed by atoms with E-state index in [1.54, 1.807) is 0 Å². The SMILES string of the molecule is BrCC1(CCC2CO2)CCC1. The Balaban J connectivity index is 1.72. The molecule has 0 bridgehead atoms. The van der Waals surface area contributed by atoms with Gasteiger partial charge in [0.05, 0.1) is 12.7 Å². The largest absolute Gasteiger partial charge is 0.373 e. The summed E-state index contributed by atoms with van der Waals surface area (Å²) in [5.41, 5.74) is 0.673. The molecule has 0 radical (unpaired) electrons. The van der Waals surface area contributed by atoms with Crippen molar-refractivity contribution >= 4 is 15.9 Å². The molecule has 0 amide bonds. The molecule has 1 saturated carbocycles. The molecule has 11 heavy (non-hydrogen) atoms. The topological polar surface area (TPSA) is 12.5 Å². The Morgan fingerprint density at radius 2 is 2.18 bits per heavy atom. The summed E-state index contributed by atoms with van der Waals surface area (Å²) < 4.78 is 5.20.